The van der Waals surface area contributed by atoms with Gasteiger partial charge in [0.1, 0.15) is 0 Å². The van der Waals surface area contributed by atoms with Crippen LogP contribution in [-0.2, 0) is 25.7 Å². The Morgan fingerprint density at radius 1 is 1.07 bits per heavy atom. The van der Waals surface area contributed by atoms with Gasteiger partial charge >= 0.3 is 0 Å². The van der Waals surface area contributed by atoms with Crippen molar-refractivity contribution in [1.82, 2.24) is 25.8 Å². The summed E-state index contributed by atoms with van der Waals surface area (Å²) >= 11 is 1.78. The number of guanidine groups is 1. The minimum atomic E-state index is 0.572. The number of nitrogens with one attached hydrogen (secondary N) is 2. The summed E-state index contributed by atoms with van der Waals surface area (Å²) in [5, 5.41) is 11.8. The van der Waals surface area contributed by atoms with Gasteiger partial charge in [0.15, 0.2) is 11.8 Å². The number of aryl methyl sites for hydroxylation is 2. The smallest absolute Gasteiger partial charge is 0.257 e. The summed E-state index contributed by atoms with van der Waals surface area (Å²) in [5.74, 6) is 2.11. The Hall–Kier alpha value is -2.74. The Balaban J connectivity index is 1.40. The molecule has 0 unspecified atom stereocenters. The monoisotopic (exact) mass is 412 g/mol. The van der Waals surface area contributed by atoms with Crippen LogP contribution in [0.5, 0.6) is 0 Å². The van der Waals surface area contributed by atoms with Crippen LogP contribution < -0.4 is 10.6 Å². The molecule has 3 rings (SSSR count). The molecule has 1 aromatic carbocycles. The SMILES string of the molecule is CCc1noc(-c2ccc(CCNC(=NC)NCCc3ncc(CC)s3)cc2)n1. The first-order chi connectivity index (χ1) is 14.2. The van der Waals surface area contributed by atoms with E-state index in [4.69, 9.17) is 4.52 Å². The van der Waals surface area contributed by atoms with Crippen molar-refractivity contribution in [1.29, 1.82) is 0 Å². The van der Waals surface area contributed by atoms with Gasteiger partial charge in [-0.05, 0) is 30.5 Å². The molecule has 0 aliphatic carbocycles. The summed E-state index contributed by atoms with van der Waals surface area (Å²) in [5.41, 5.74) is 2.18. The Kier molecular flexibility index (Phi) is 7.75. The third-order valence-electron chi connectivity index (χ3n) is 4.50. The molecule has 0 amide bonds. The topological polar surface area (TPSA) is 88.2 Å². The highest BCUT2D eigenvalue weighted by atomic mass is 32.1. The molecule has 0 aliphatic heterocycles. The Morgan fingerprint density at radius 2 is 1.83 bits per heavy atom. The molecule has 0 aliphatic rings. The molecule has 0 spiro atoms. The number of thiazole rings is 1. The highest BCUT2D eigenvalue weighted by Gasteiger charge is 2.07. The minimum Gasteiger partial charge on any atom is -0.356 e. The van der Waals surface area contributed by atoms with Crippen molar-refractivity contribution >= 4 is 17.3 Å². The van der Waals surface area contributed by atoms with Gasteiger partial charge in [0.05, 0.1) is 5.01 Å². The summed E-state index contributed by atoms with van der Waals surface area (Å²) in [6.45, 7) is 5.78. The quantitative estimate of drug-likeness (QED) is 0.414. The summed E-state index contributed by atoms with van der Waals surface area (Å²) in [6, 6.07) is 8.23. The van der Waals surface area contributed by atoms with E-state index in [0.717, 1.165) is 61.1 Å². The zero-order valence-corrected chi connectivity index (χ0v) is 18.1. The van der Waals surface area contributed by atoms with Crippen LogP contribution in [-0.4, -0.2) is 41.2 Å². The van der Waals surface area contributed by atoms with Gasteiger partial charge in [-0.15, -0.1) is 11.3 Å². The largest absolute Gasteiger partial charge is 0.356 e. The third-order valence-corrected chi connectivity index (χ3v) is 5.70. The molecule has 154 valence electrons. The van der Waals surface area contributed by atoms with Crippen LogP contribution in [0.25, 0.3) is 11.5 Å². The number of benzene rings is 1. The van der Waals surface area contributed by atoms with Gasteiger partial charge in [-0.3, -0.25) is 4.99 Å². The first kappa shape index (κ1) is 21.0. The van der Waals surface area contributed by atoms with E-state index < -0.39 is 0 Å². The average molecular weight is 413 g/mol. The van der Waals surface area contributed by atoms with Crippen molar-refractivity contribution in [2.24, 2.45) is 4.99 Å². The van der Waals surface area contributed by atoms with E-state index >= 15 is 0 Å². The Morgan fingerprint density at radius 3 is 2.45 bits per heavy atom. The molecular formula is C21H28N6OS. The standard InChI is InChI=1S/C21H28N6OS/c1-4-17-14-25-19(29-17)11-13-24-21(22-3)23-12-10-15-6-8-16(9-7-15)20-26-18(5-2)27-28-20/h6-9,14H,4-5,10-13H2,1-3H3,(H2,22,23,24). The number of hydrogen-bond donors (Lipinski definition) is 2. The van der Waals surface area contributed by atoms with Gasteiger partial charge in [-0.25, -0.2) is 4.98 Å². The maximum Gasteiger partial charge on any atom is 0.257 e. The molecule has 0 saturated carbocycles. The fraction of sp³-hybridized carbons (Fsp3) is 0.429. The van der Waals surface area contributed by atoms with Crippen LogP contribution in [0.3, 0.4) is 0 Å². The molecular weight excluding hydrogens is 384 g/mol. The summed E-state index contributed by atoms with van der Waals surface area (Å²) in [4.78, 5) is 14.4. The molecule has 2 N–H and O–H groups in total. The second-order valence-corrected chi connectivity index (χ2v) is 7.77. The summed E-state index contributed by atoms with van der Waals surface area (Å²) in [7, 11) is 1.79. The van der Waals surface area contributed by atoms with Crippen molar-refractivity contribution in [3.8, 4) is 11.5 Å². The zero-order valence-electron chi connectivity index (χ0n) is 17.2. The van der Waals surface area contributed by atoms with E-state index in [-0.39, 0.29) is 0 Å². The Bertz CT molecular complexity index is 915. The fourth-order valence-electron chi connectivity index (χ4n) is 2.79. The van der Waals surface area contributed by atoms with E-state index in [1.807, 2.05) is 25.3 Å². The van der Waals surface area contributed by atoms with E-state index in [1.165, 1.54) is 10.4 Å². The third kappa shape index (κ3) is 6.12. The molecule has 7 nitrogen and oxygen atoms in total. The van der Waals surface area contributed by atoms with Crippen molar-refractivity contribution in [2.45, 2.75) is 39.5 Å². The number of nitrogens with zero attached hydrogens (tertiary/aromatic N) is 4. The van der Waals surface area contributed by atoms with Crippen LogP contribution in [0.4, 0.5) is 0 Å². The molecule has 8 heteroatoms. The normalized spacial score (nSPS) is 11.6. The van der Waals surface area contributed by atoms with Gasteiger partial charge in [0, 0.05) is 49.6 Å². The maximum absolute atomic E-state index is 5.28. The average Bonchev–Trinajstić information content (AvgIpc) is 3.42. The number of aliphatic imine (C=N–C) groups is 1. The lowest BCUT2D eigenvalue weighted by Crippen LogP contribution is -2.39. The van der Waals surface area contributed by atoms with Crippen molar-refractivity contribution in [2.75, 3.05) is 20.1 Å². The van der Waals surface area contributed by atoms with E-state index in [0.29, 0.717) is 5.89 Å². The summed E-state index contributed by atoms with van der Waals surface area (Å²) < 4.78 is 5.28. The van der Waals surface area contributed by atoms with Crippen LogP contribution in [0, 0.1) is 0 Å². The highest BCUT2D eigenvalue weighted by molar-refractivity contribution is 7.11. The van der Waals surface area contributed by atoms with E-state index in [9.17, 15) is 0 Å². The van der Waals surface area contributed by atoms with Gasteiger partial charge in [-0.1, -0.05) is 31.1 Å². The van der Waals surface area contributed by atoms with Crippen LogP contribution >= 0.6 is 11.3 Å². The van der Waals surface area contributed by atoms with Crippen molar-refractivity contribution < 1.29 is 4.52 Å². The van der Waals surface area contributed by atoms with Crippen molar-refractivity contribution in [3.63, 3.8) is 0 Å². The first-order valence-electron chi connectivity index (χ1n) is 10.0. The number of hydrogen-bond acceptors (Lipinski definition) is 6. The second kappa shape index (κ2) is 10.7. The predicted octanol–water partition coefficient (Wildman–Crippen LogP) is 3.27. The molecule has 0 fully saturated rings. The molecule has 3 aromatic rings. The number of aromatic nitrogens is 3. The molecule has 0 saturated heterocycles. The predicted molar refractivity (Wildman–Crippen MR) is 117 cm³/mol. The lowest BCUT2D eigenvalue weighted by molar-refractivity contribution is 0.423. The second-order valence-electron chi connectivity index (χ2n) is 6.57. The molecule has 0 radical (unpaired) electrons. The molecule has 29 heavy (non-hydrogen) atoms. The molecule has 2 heterocycles. The summed E-state index contributed by atoms with van der Waals surface area (Å²) in [6.07, 6.45) is 5.59. The maximum atomic E-state index is 5.28. The fourth-order valence-corrected chi connectivity index (χ4v) is 3.65. The minimum absolute atomic E-state index is 0.572. The van der Waals surface area contributed by atoms with Crippen LogP contribution in [0.2, 0.25) is 0 Å². The van der Waals surface area contributed by atoms with E-state index in [2.05, 4.69) is 49.8 Å². The molecule has 0 atom stereocenters. The van der Waals surface area contributed by atoms with Gasteiger partial charge in [0.2, 0.25) is 0 Å². The van der Waals surface area contributed by atoms with Gasteiger partial charge < -0.3 is 15.2 Å². The van der Waals surface area contributed by atoms with Crippen molar-refractivity contribution in [3.05, 3.63) is 51.7 Å². The van der Waals surface area contributed by atoms with Gasteiger partial charge in [-0.2, -0.15) is 4.98 Å². The first-order valence-corrected chi connectivity index (χ1v) is 10.8. The van der Waals surface area contributed by atoms with Crippen LogP contribution in [0.1, 0.15) is 35.1 Å². The highest BCUT2D eigenvalue weighted by Crippen LogP contribution is 2.18. The number of rotatable bonds is 9. The molecule has 2 aromatic heterocycles. The van der Waals surface area contributed by atoms with Gasteiger partial charge in [0.25, 0.3) is 5.89 Å². The zero-order chi connectivity index (χ0) is 20.5. The van der Waals surface area contributed by atoms with Crippen LogP contribution in [0.15, 0.2) is 40.0 Å². The van der Waals surface area contributed by atoms with E-state index in [1.54, 1.807) is 18.4 Å². The lowest BCUT2D eigenvalue weighted by atomic mass is 10.1. The Labute approximate surface area is 175 Å². The molecule has 0 bridgehead atoms. The lowest BCUT2D eigenvalue weighted by Gasteiger charge is -2.11.